The molecule has 0 unspecified atom stereocenters. The molecule has 2 aromatic carbocycles. The summed E-state index contributed by atoms with van der Waals surface area (Å²) in [5.74, 6) is -0.100. The summed E-state index contributed by atoms with van der Waals surface area (Å²) in [6.45, 7) is 0. The number of nitrogens with zero attached hydrogens (tertiary/aromatic N) is 1. The maximum absolute atomic E-state index is 12.4. The van der Waals surface area contributed by atoms with Gasteiger partial charge in [-0.3, -0.25) is 4.79 Å². The zero-order valence-corrected chi connectivity index (χ0v) is 12.1. The third kappa shape index (κ3) is 2.05. The second-order valence-electron chi connectivity index (χ2n) is 5.43. The van der Waals surface area contributed by atoms with Crippen LogP contribution in [0.1, 0.15) is 10.4 Å². The highest BCUT2D eigenvalue weighted by atomic mass is 16.1. The number of anilines is 1. The minimum atomic E-state index is -0.100. The Hall–Kier alpha value is -3.01. The van der Waals surface area contributed by atoms with E-state index in [0.29, 0.717) is 5.56 Å². The number of nitrogens with one attached hydrogen (secondary N) is 2. The summed E-state index contributed by atoms with van der Waals surface area (Å²) in [7, 11) is 1.99. The van der Waals surface area contributed by atoms with Crippen LogP contribution in [0.25, 0.3) is 21.8 Å². The second-order valence-corrected chi connectivity index (χ2v) is 5.43. The van der Waals surface area contributed by atoms with E-state index in [1.807, 2.05) is 72.5 Å². The number of H-pyrrole nitrogens is 1. The number of carbonyl (C=O) groups excluding carboxylic acids is 1. The Labute approximate surface area is 127 Å². The first-order valence-corrected chi connectivity index (χ1v) is 7.14. The molecule has 0 atom stereocenters. The molecule has 4 heteroatoms. The molecule has 1 amide bonds. The Kier molecular flexibility index (Phi) is 2.76. The number of benzene rings is 2. The van der Waals surface area contributed by atoms with Crippen LogP contribution in [-0.4, -0.2) is 15.5 Å². The van der Waals surface area contributed by atoms with Gasteiger partial charge in [0.25, 0.3) is 5.91 Å². The molecule has 108 valence electrons. The van der Waals surface area contributed by atoms with E-state index in [1.165, 1.54) is 0 Å². The van der Waals surface area contributed by atoms with Crippen molar-refractivity contribution in [1.29, 1.82) is 0 Å². The summed E-state index contributed by atoms with van der Waals surface area (Å²) < 4.78 is 2.04. The number of aromatic nitrogens is 2. The molecule has 0 saturated heterocycles. The predicted molar refractivity (Wildman–Crippen MR) is 89.2 cm³/mol. The predicted octanol–water partition coefficient (Wildman–Crippen LogP) is 3.91. The van der Waals surface area contributed by atoms with Crippen LogP contribution in [-0.2, 0) is 7.05 Å². The van der Waals surface area contributed by atoms with Crippen LogP contribution in [0.4, 0.5) is 5.69 Å². The van der Waals surface area contributed by atoms with Crippen LogP contribution >= 0.6 is 0 Å². The lowest BCUT2D eigenvalue weighted by Crippen LogP contribution is -2.11. The smallest absolute Gasteiger partial charge is 0.255 e. The molecule has 0 aliphatic rings. The van der Waals surface area contributed by atoms with Crippen molar-refractivity contribution >= 4 is 33.4 Å². The summed E-state index contributed by atoms with van der Waals surface area (Å²) in [6.07, 6.45) is 3.88. The largest absolute Gasteiger partial charge is 0.361 e. The van der Waals surface area contributed by atoms with Gasteiger partial charge in [0.05, 0.1) is 0 Å². The van der Waals surface area contributed by atoms with Crippen LogP contribution in [0.5, 0.6) is 0 Å². The topological polar surface area (TPSA) is 49.8 Å². The maximum Gasteiger partial charge on any atom is 0.255 e. The van der Waals surface area contributed by atoms with Gasteiger partial charge in [-0.1, -0.05) is 6.07 Å². The van der Waals surface area contributed by atoms with E-state index in [-0.39, 0.29) is 5.91 Å². The van der Waals surface area contributed by atoms with E-state index < -0.39 is 0 Å². The number of aryl methyl sites for hydroxylation is 1. The molecule has 4 nitrogen and oxygen atoms in total. The molecule has 0 bridgehead atoms. The Bertz CT molecular complexity index is 994. The molecule has 0 aliphatic heterocycles. The number of hydrogen-bond acceptors (Lipinski definition) is 1. The minimum Gasteiger partial charge on any atom is -0.361 e. The highest BCUT2D eigenvalue weighted by Crippen LogP contribution is 2.20. The van der Waals surface area contributed by atoms with Crippen molar-refractivity contribution in [2.24, 2.45) is 7.05 Å². The minimum absolute atomic E-state index is 0.100. The molecule has 22 heavy (non-hydrogen) atoms. The van der Waals surface area contributed by atoms with Gasteiger partial charge in [-0.15, -0.1) is 0 Å². The Morgan fingerprint density at radius 3 is 2.86 bits per heavy atom. The molecule has 0 fully saturated rings. The average molecular weight is 289 g/mol. The first kappa shape index (κ1) is 12.7. The van der Waals surface area contributed by atoms with Crippen molar-refractivity contribution < 1.29 is 4.79 Å². The van der Waals surface area contributed by atoms with Gasteiger partial charge in [0.1, 0.15) is 0 Å². The molecule has 2 heterocycles. The summed E-state index contributed by atoms with van der Waals surface area (Å²) in [6, 6.07) is 15.6. The van der Waals surface area contributed by atoms with Crippen molar-refractivity contribution in [1.82, 2.24) is 9.55 Å². The van der Waals surface area contributed by atoms with Crippen molar-refractivity contribution in [2.75, 3.05) is 5.32 Å². The first-order valence-electron chi connectivity index (χ1n) is 7.14. The summed E-state index contributed by atoms with van der Waals surface area (Å²) in [5, 5.41) is 5.14. The second kappa shape index (κ2) is 4.77. The van der Waals surface area contributed by atoms with Gasteiger partial charge in [0.2, 0.25) is 0 Å². The van der Waals surface area contributed by atoms with Crippen LogP contribution in [0.2, 0.25) is 0 Å². The fourth-order valence-electron chi connectivity index (χ4n) is 2.75. The molecule has 2 N–H and O–H groups in total. The highest BCUT2D eigenvalue weighted by Gasteiger charge is 2.08. The molecular weight excluding hydrogens is 274 g/mol. The highest BCUT2D eigenvalue weighted by molar-refractivity contribution is 6.06. The third-order valence-corrected chi connectivity index (χ3v) is 3.96. The summed E-state index contributed by atoms with van der Waals surface area (Å²) in [5.41, 5.74) is 3.57. The van der Waals surface area contributed by atoms with Crippen molar-refractivity contribution in [3.63, 3.8) is 0 Å². The van der Waals surface area contributed by atoms with Gasteiger partial charge < -0.3 is 14.9 Å². The Morgan fingerprint density at radius 2 is 1.95 bits per heavy atom. The number of aromatic amines is 1. The average Bonchev–Trinajstić information content (AvgIpc) is 3.13. The van der Waals surface area contributed by atoms with Gasteiger partial charge >= 0.3 is 0 Å². The zero-order valence-electron chi connectivity index (χ0n) is 12.1. The van der Waals surface area contributed by atoms with E-state index in [1.54, 1.807) is 0 Å². The van der Waals surface area contributed by atoms with Crippen LogP contribution in [0.15, 0.2) is 60.9 Å². The fraction of sp³-hybridized carbons (Fsp3) is 0.0556. The van der Waals surface area contributed by atoms with E-state index >= 15 is 0 Å². The van der Waals surface area contributed by atoms with Crippen molar-refractivity contribution in [3.05, 3.63) is 66.5 Å². The molecule has 4 aromatic rings. The van der Waals surface area contributed by atoms with Crippen molar-refractivity contribution in [2.45, 2.75) is 0 Å². The molecular formula is C18H15N3O. The van der Waals surface area contributed by atoms with Gasteiger partial charge in [0, 0.05) is 47.1 Å². The van der Waals surface area contributed by atoms with Crippen molar-refractivity contribution in [3.8, 4) is 0 Å². The Morgan fingerprint density at radius 1 is 1.05 bits per heavy atom. The van der Waals surface area contributed by atoms with Gasteiger partial charge in [0.15, 0.2) is 0 Å². The molecule has 0 spiro atoms. The third-order valence-electron chi connectivity index (χ3n) is 3.96. The molecule has 0 aliphatic carbocycles. The fourth-order valence-corrected chi connectivity index (χ4v) is 2.75. The summed E-state index contributed by atoms with van der Waals surface area (Å²) in [4.78, 5) is 15.6. The summed E-state index contributed by atoms with van der Waals surface area (Å²) >= 11 is 0. The standard InChI is InChI=1S/C18H15N3O/c1-21-9-7-13-10-14(3-5-17(13)21)18(22)20-15-4-2-12-6-8-19-16(12)11-15/h2-11,19H,1H3,(H,20,22). The molecule has 0 radical (unpaired) electrons. The lowest BCUT2D eigenvalue weighted by Gasteiger charge is -2.06. The maximum atomic E-state index is 12.4. The van der Waals surface area contributed by atoms with Gasteiger partial charge in [-0.2, -0.15) is 0 Å². The van der Waals surface area contributed by atoms with E-state index in [2.05, 4.69) is 10.3 Å². The van der Waals surface area contributed by atoms with E-state index in [9.17, 15) is 4.79 Å². The molecule has 4 rings (SSSR count). The van der Waals surface area contributed by atoms with Gasteiger partial charge in [-0.05, 0) is 47.9 Å². The van der Waals surface area contributed by atoms with E-state index in [4.69, 9.17) is 0 Å². The van der Waals surface area contributed by atoms with E-state index in [0.717, 1.165) is 27.5 Å². The lowest BCUT2D eigenvalue weighted by atomic mass is 10.1. The number of fused-ring (bicyclic) bond motifs is 2. The number of hydrogen-bond donors (Lipinski definition) is 2. The molecule has 2 aromatic heterocycles. The number of carbonyl (C=O) groups is 1. The Balaban J connectivity index is 1.64. The quantitative estimate of drug-likeness (QED) is 0.577. The van der Waals surface area contributed by atoms with Crippen LogP contribution < -0.4 is 5.32 Å². The first-order chi connectivity index (χ1) is 10.7. The van der Waals surface area contributed by atoms with Crippen LogP contribution in [0, 0.1) is 0 Å². The van der Waals surface area contributed by atoms with Crippen LogP contribution in [0.3, 0.4) is 0 Å². The number of rotatable bonds is 2. The normalized spacial score (nSPS) is 11.1. The lowest BCUT2D eigenvalue weighted by molar-refractivity contribution is 0.102. The molecule has 0 saturated carbocycles. The monoisotopic (exact) mass is 289 g/mol. The zero-order chi connectivity index (χ0) is 15.1. The number of amides is 1. The van der Waals surface area contributed by atoms with Gasteiger partial charge in [-0.25, -0.2) is 0 Å². The SMILES string of the molecule is Cn1ccc2cc(C(=O)Nc3ccc4cc[nH]c4c3)ccc21.